The van der Waals surface area contributed by atoms with Gasteiger partial charge in [0.1, 0.15) is 12.1 Å². The van der Waals surface area contributed by atoms with Gasteiger partial charge in [0.05, 0.1) is 12.0 Å². The molecule has 2 aromatic heterocycles. The Labute approximate surface area is 80.5 Å². The minimum atomic E-state index is -0.306. The second kappa shape index (κ2) is 3.49. The smallest absolute Gasteiger partial charge is 0.303 e. The van der Waals surface area contributed by atoms with E-state index in [-0.39, 0.29) is 12.6 Å². The normalized spacial score (nSPS) is 10.4. The minimum Gasteiger partial charge on any atom is -0.463 e. The fourth-order valence-corrected chi connectivity index (χ4v) is 1.15. The highest BCUT2D eigenvalue weighted by Gasteiger charge is 2.01. The highest BCUT2D eigenvalue weighted by molar-refractivity contribution is 5.72. The number of aromatic nitrogens is 1. The van der Waals surface area contributed by atoms with Crippen molar-refractivity contribution in [3.05, 3.63) is 30.2 Å². The molecule has 2 rings (SSSR count). The van der Waals surface area contributed by atoms with E-state index in [2.05, 4.69) is 4.98 Å². The largest absolute Gasteiger partial charge is 0.463 e. The van der Waals surface area contributed by atoms with E-state index in [1.54, 1.807) is 24.5 Å². The lowest BCUT2D eigenvalue weighted by Crippen LogP contribution is -2.00. The van der Waals surface area contributed by atoms with Crippen LogP contribution >= 0.6 is 0 Å². The number of ether oxygens (including phenoxy) is 1. The molecule has 2 aromatic rings. The summed E-state index contributed by atoms with van der Waals surface area (Å²) < 4.78 is 9.95. The van der Waals surface area contributed by atoms with Crippen molar-refractivity contribution in [1.82, 2.24) is 4.98 Å². The molecule has 0 aliphatic rings. The maximum absolute atomic E-state index is 10.6. The van der Waals surface area contributed by atoms with Crippen molar-refractivity contribution in [2.45, 2.75) is 13.5 Å². The van der Waals surface area contributed by atoms with Crippen LogP contribution in [0.15, 0.2) is 28.9 Å². The Morgan fingerprint density at radius 3 is 3.14 bits per heavy atom. The Morgan fingerprint density at radius 1 is 1.50 bits per heavy atom. The number of fused-ring (bicyclic) bond motifs is 1. The summed E-state index contributed by atoms with van der Waals surface area (Å²) in [4.78, 5) is 14.8. The monoisotopic (exact) mass is 191 g/mol. The fourth-order valence-electron chi connectivity index (χ4n) is 1.15. The molecule has 14 heavy (non-hydrogen) atoms. The van der Waals surface area contributed by atoms with Crippen molar-refractivity contribution in [3.8, 4) is 0 Å². The van der Waals surface area contributed by atoms with Crippen LogP contribution in [0.4, 0.5) is 0 Å². The standard InChI is InChI=1S/C10H9NO3/c1-7(12)14-6-8-2-3-10-9(11-8)4-5-13-10/h2-5H,6H2,1H3. The van der Waals surface area contributed by atoms with Gasteiger partial charge >= 0.3 is 5.97 Å². The van der Waals surface area contributed by atoms with Crippen molar-refractivity contribution >= 4 is 17.1 Å². The summed E-state index contributed by atoms with van der Waals surface area (Å²) in [6.07, 6.45) is 1.58. The van der Waals surface area contributed by atoms with E-state index in [9.17, 15) is 4.79 Å². The molecule has 4 heteroatoms. The van der Waals surface area contributed by atoms with Gasteiger partial charge in [-0.05, 0) is 12.1 Å². The Morgan fingerprint density at radius 2 is 2.36 bits per heavy atom. The summed E-state index contributed by atoms with van der Waals surface area (Å²) in [6, 6.07) is 5.35. The highest BCUT2D eigenvalue weighted by atomic mass is 16.5. The van der Waals surface area contributed by atoms with Crippen molar-refractivity contribution in [2.75, 3.05) is 0 Å². The lowest BCUT2D eigenvalue weighted by atomic mass is 10.3. The number of furan rings is 1. The van der Waals surface area contributed by atoms with Crippen LogP contribution in [0, 0.1) is 0 Å². The first-order valence-corrected chi connectivity index (χ1v) is 4.22. The number of esters is 1. The predicted molar refractivity (Wildman–Crippen MR) is 49.5 cm³/mol. The second-order valence-electron chi connectivity index (χ2n) is 2.89. The van der Waals surface area contributed by atoms with Gasteiger partial charge < -0.3 is 9.15 Å². The zero-order valence-electron chi connectivity index (χ0n) is 7.69. The lowest BCUT2D eigenvalue weighted by molar-refractivity contribution is -0.142. The van der Waals surface area contributed by atoms with Gasteiger partial charge in [0.15, 0.2) is 5.58 Å². The van der Waals surface area contributed by atoms with E-state index in [0.29, 0.717) is 5.69 Å². The maximum Gasteiger partial charge on any atom is 0.303 e. The number of nitrogens with zero attached hydrogens (tertiary/aromatic N) is 1. The molecule has 0 aliphatic heterocycles. The summed E-state index contributed by atoms with van der Waals surface area (Å²) in [6.45, 7) is 1.58. The van der Waals surface area contributed by atoms with Crippen LogP contribution in [0.25, 0.3) is 11.1 Å². The quantitative estimate of drug-likeness (QED) is 0.680. The lowest BCUT2D eigenvalue weighted by Gasteiger charge is -2.00. The average Bonchev–Trinajstić information content (AvgIpc) is 2.61. The van der Waals surface area contributed by atoms with Crippen LogP contribution in [0.5, 0.6) is 0 Å². The molecule has 0 fully saturated rings. The van der Waals surface area contributed by atoms with Crippen LogP contribution < -0.4 is 0 Å². The molecular weight excluding hydrogens is 182 g/mol. The van der Waals surface area contributed by atoms with Crippen molar-refractivity contribution in [2.24, 2.45) is 0 Å². The molecule has 72 valence electrons. The van der Waals surface area contributed by atoms with Crippen molar-refractivity contribution in [1.29, 1.82) is 0 Å². The molecule has 0 N–H and O–H groups in total. The van der Waals surface area contributed by atoms with Gasteiger partial charge in [0.2, 0.25) is 0 Å². The topological polar surface area (TPSA) is 52.3 Å². The average molecular weight is 191 g/mol. The molecule has 0 saturated heterocycles. The first kappa shape index (κ1) is 8.74. The molecule has 0 bridgehead atoms. The Balaban J connectivity index is 2.21. The molecule has 0 aromatic carbocycles. The van der Waals surface area contributed by atoms with Gasteiger partial charge in [-0.25, -0.2) is 4.98 Å². The zero-order valence-corrected chi connectivity index (χ0v) is 7.69. The maximum atomic E-state index is 10.6. The van der Waals surface area contributed by atoms with E-state index >= 15 is 0 Å². The number of pyridine rings is 1. The van der Waals surface area contributed by atoms with Crippen LogP contribution in [0.3, 0.4) is 0 Å². The highest BCUT2D eigenvalue weighted by Crippen LogP contribution is 2.13. The first-order chi connectivity index (χ1) is 6.75. The Bertz CT molecular complexity index is 461. The SMILES string of the molecule is CC(=O)OCc1ccc2occc2n1. The molecule has 0 atom stereocenters. The zero-order chi connectivity index (χ0) is 9.97. The van der Waals surface area contributed by atoms with E-state index in [4.69, 9.17) is 9.15 Å². The molecule has 0 spiro atoms. The van der Waals surface area contributed by atoms with Gasteiger partial charge in [0.25, 0.3) is 0 Å². The molecular formula is C10H9NO3. The van der Waals surface area contributed by atoms with Gasteiger partial charge in [-0.2, -0.15) is 0 Å². The minimum absolute atomic E-state index is 0.205. The van der Waals surface area contributed by atoms with Crippen LogP contribution in [-0.4, -0.2) is 11.0 Å². The molecule has 4 nitrogen and oxygen atoms in total. The third kappa shape index (κ3) is 1.74. The van der Waals surface area contributed by atoms with E-state index < -0.39 is 0 Å². The molecule has 0 unspecified atom stereocenters. The van der Waals surface area contributed by atoms with Gasteiger partial charge in [0, 0.05) is 13.0 Å². The number of carbonyl (C=O) groups is 1. The predicted octanol–water partition coefficient (Wildman–Crippen LogP) is 1.89. The Hall–Kier alpha value is -1.84. The molecule has 0 aliphatic carbocycles. The summed E-state index contributed by atoms with van der Waals surface area (Å²) in [7, 11) is 0. The summed E-state index contributed by atoms with van der Waals surface area (Å²) in [5.41, 5.74) is 2.22. The number of hydrogen-bond acceptors (Lipinski definition) is 4. The number of hydrogen-bond donors (Lipinski definition) is 0. The summed E-state index contributed by atoms with van der Waals surface area (Å²) in [5.74, 6) is -0.306. The van der Waals surface area contributed by atoms with Gasteiger partial charge in [-0.3, -0.25) is 4.79 Å². The molecule has 2 heterocycles. The molecule has 0 amide bonds. The van der Waals surface area contributed by atoms with Crippen molar-refractivity contribution in [3.63, 3.8) is 0 Å². The van der Waals surface area contributed by atoms with Crippen LogP contribution in [0.1, 0.15) is 12.6 Å². The van der Waals surface area contributed by atoms with Gasteiger partial charge in [-0.1, -0.05) is 0 Å². The summed E-state index contributed by atoms with van der Waals surface area (Å²) >= 11 is 0. The Kier molecular flexibility index (Phi) is 2.18. The molecule has 0 radical (unpaired) electrons. The fraction of sp³-hybridized carbons (Fsp3) is 0.200. The van der Waals surface area contributed by atoms with Crippen LogP contribution in [0.2, 0.25) is 0 Å². The summed E-state index contributed by atoms with van der Waals surface area (Å²) in [5, 5.41) is 0. The first-order valence-electron chi connectivity index (χ1n) is 4.22. The second-order valence-corrected chi connectivity index (χ2v) is 2.89. The van der Waals surface area contributed by atoms with Gasteiger partial charge in [-0.15, -0.1) is 0 Å². The molecule has 0 saturated carbocycles. The number of rotatable bonds is 2. The van der Waals surface area contributed by atoms with Crippen LogP contribution in [-0.2, 0) is 16.1 Å². The third-order valence-corrected chi connectivity index (χ3v) is 1.79. The third-order valence-electron chi connectivity index (χ3n) is 1.79. The van der Waals surface area contributed by atoms with E-state index in [1.807, 2.05) is 0 Å². The number of carbonyl (C=O) groups excluding carboxylic acids is 1. The van der Waals surface area contributed by atoms with E-state index in [0.717, 1.165) is 11.1 Å². The van der Waals surface area contributed by atoms with Crippen molar-refractivity contribution < 1.29 is 13.9 Å². The van der Waals surface area contributed by atoms with E-state index in [1.165, 1.54) is 6.92 Å².